The molecule has 8 heteroatoms. The first-order valence-corrected chi connectivity index (χ1v) is 9.22. The van der Waals surface area contributed by atoms with Gasteiger partial charge in [0.05, 0.1) is 19.8 Å². The molecule has 0 spiro atoms. The molecule has 1 amide bonds. The second-order valence-corrected chi connectivity index (χ2v) is 6.48. The van der Waals surface area contributed by atoms with Crippen LogP contribution in [0.25, 0.3) is 22.4 Å². The molecular formula is C22H20N4O4. The first-order chi connectivity index (χ1) is 14.7. The first-order valence-electron chi connectivity index (χ1n) is 9.22. The highest BCUT2D eigenvalue weighted by atomic mass is 16.5. The Kier molecular flexibility index (Phi) is 5.47. The van der Waals surface area contributed by atoms with E-state index in [9.17, 15) is 4.79 Å². The number of ether oxygens (including phenoxy) is 2. The van der Waals surface area contributed by atoms with Gasteiger partial charge in [-0.2, -0.15) is 0 Å². The molecule has 30 heavy (non-hydrogen) atoms. The molecule has 0 radical (unpaired) electrons. The molecule has 0 saturated heterocycles. The van der Waals surface area contributed by atoms with E-state index in [-0.39, 0.29) is 5.91 Å². The van der Waals surface area contributed by atoms with Crippen molar-refractivity contribution in [2.45, 2.75) is 6.54 Å². The van der Waals surface area contributed by atoms with E-state index in [0.717, 1.165) is 22.3 Å². The molecule has 2 N–H and O–H groups in total. The fourth-order valence-corrected chi connectivity index (χ4v) is 3.10. The molecule has 0 aliphatic carbocycles. The normalized spacial score (nSPS) is 10.6. The molecular weight excluding hydrogens is 384 g/mol. The number of carbonyl (C=O) groups excluding carboxylic acids is 1. The fourth-order valence-electron chi connectivity index (χ4n) is 3.10. The Bertz CT molecular complexity index is 1150. The van der Waals surface area contributed by atoms with Crippen molar-refractivity contribution in [1.29, 1.82) is 0 Å². The van der Waals surface area contributed by atoms with E-state index in [2.05, 4.69) is 20.4 Å². The SMILES string of the molecule is COc1ccc(OC)c(-c2conc2-c2c[nH]c(C(=O)NCc3ccncc3)c2)c1. The summed E-state index contributed by atoms with van der Waals surface area (Å²) < 4.78 is 16.0. The number of aromatic amines is 1. The Labute approximate surface area is 172 Å². The second kappa shape index (κ2) is 8.52. The van der Waals surface area contributed by atoms with Crippen LogP contribution in [0.4, 0.5) is 0 Å². The van der Waals surface area contributed by atoms with Crippen molar-refractivity contribution in [1.82, 2.24) is 20.4 Å². The van der Waals surface area contributed by atoms with Crippen molar-refractivity contribution >= 4 is 5.91 Å². The quantitative estimate of drug-likeness (QED) is 0.487. The third-order valence-corrected chi connectivity index (χ3v) is 4.67. The zero-order valence-electron chi connectivity index (χ0n) is 16.5. The number of hydrogen-bond donors (Lipinski definition) is 2. The van der Waals surface area contributed by atoms with Gasteiger partial charge in [0, 0.05) is 36.3 Å². The molecule has 152 valence electrons. The number of methoxy groups -OCH3 is 2. The van der Waals surface area contributed by atoms with E-state index in [4.69, 9.17) is 14.0 Å². The summed E-state index contributed by atoms with van der Waals surface area (Å²) >= 11 is 0. The van der Waals surface area contributed by atoms with Crippen molar-refractivity contribution in [3.8, 4) is 33.9 Å². The zero-order chi connectivity index (χ0) is 20.9. The Hall–Kier alpha value is -4.07. The van der Waals surface area contributed by atoms with Gasteiger partial charge in [0.25, 0.3) is 5.91 Å². The maximum absolute atomic E-state index is 12.5. The van der Waals surface area contributed by atoms with Crippen molar-refractivity contribution in [2.75, 3.05) is 14.2 Å². The van der Waals surface area contributed by atoms with Crippen LogP contribution < -0.4 is 14.8 Å². The van der Waals surface area contributed by atoms with Gasteiger partial charge in [-0.15, -0.1) is 0 Å². The van der Waals surface area contributed by atoms with Gasteiger partial charge in [0.1, 0.15) is 29.2 Å². The van der Waals surface area contributed by atoms with Crippen molar-refractivity contribution < 1.29 is 18.8 Å². The Morgan fingerprint density at radius 2 is 1.93 bits per heavy atom. The molecule has 0 atom stereocenters. The van der Waals surface area contributed by atoms with Crippen LogP contribution in [0.3, 0.4) is 0 Å². The number of pyridine rings is 1. The smallest absolute Gasteiger partial charge is 0.267 e. The van der Waals surface area contributed by atoms with E-state index in [1.807, 2.05) is 30.3 Å². The topological polar surface area (TPSA) is 102 Å². The molecule has 1 aromatic carbocycles. The number of nitrogens with zero attached hydrogens (tertiary/aromatic N) is 2. The largest absolute Gasteiger partial charge is 0.497 e. The summed E-state index contributed by atoms with van der Waals surface area (Å²) in [6, 6.07) is 10.9. The number of aromatic nitrogens is 3. The average Bonchev–Trinajstić information content (AvgIpc) is 3.47. The second-order valence-electron chi connectivity index (χ2n) is 6.48. The minimum absolute atomic E-state index is 0.220. The summed E-state index contributed by atoms with van der Waals surface area (Å²) in [6.45, 7) is 0.409. The lowest BCUT2D eigenvalue weighted by Crippen LogP contribution is -2.22. The number of H-pyrrole nitrogens is 1. The van der Waals surface area contributed by atoms with Crippen LogP contribution in [0.5, 0.6) is 11.5 Å². The molecule has 4 aromatic rings. The van der Waals surface area contributed by atoms with E-state index in [0.29, 0.717) is 29.4 Å². The summed E-state index contributed by atoms with van der Waals surface area (Å²) in [5.41, 5.74) is 4.20. The van der Waals surface area contributed by atoms with Crippen LogP contribution >= 0.6 is 0 Å². The Morgan fingerprint density at radius 1 is 1.10 bits per heavy atom. The lowest BCUT2D eigenvalue weighted by molar-refractivity contribution is 0.0946. The maximum Gasteiger partial charge on any atom is 0.267 e. The van der Waals surface area contributed by atoms with Crippen LogP contribution in [0, 0.1) is 0 Å². The van der Waals surface area contributed by atoms with Crippen molar-refractivity contribution in [3.63, 3.8) is 0 Å². The van der Waals surface area contributed by atoms with E-state index in [1.165, 1.54) is 0 Å². The standard InChI is InChI=1S/C22H20N4O4/c1-28-16-3-4-20(29-2)17(10-16)18-13-30-26-21(18)15-9-19(24-12-15)22(27)25-11-14-5-7-23-8-6-14/h3-10,12-13,24H,11H2,1-2H3,(H,25,27). The number of amides is 1. The number of rotatable bonds is 7. The van der Waals surface area contributed by atoms with Crippen molar-refractivity contribution in [2.24, 2.45) is 0 Å². The molecule has 0 saturated carbocycles. The van der Waals surface area contributed by atoms with E-state index < -0.39 is 0 Å². The Morgan fingerprint density at radius 3 is 2.70 bits per heavy atom. The van der Waals surface area contributed by atoms with Gasteiger partial charge in [0.15, 0.2) is 0 Å². The molecule has 4 rings (SSSR count). The summed E-state index contributed by atoms with van der Waals surface area (Å²) in [5, 5.41) is 7.01. The lowest BCUT2D eigenvalue weighted by atomic mass is 10.0. The molecule has 0 bridgehead atoms. The highest BCUT2D eigenvalue weighted by Crippen LogP contribution is 2.38. The number of hydrogen-bond acceptors (Lipinski definition) is 6. The molecule has 0 aliphatic heterocycles. The van der Waals surface area contributed by atoms with E-state index >= 15 is 0 Å². The van der Waals surface area contributed by atoms with Crippen LogP contribution in [0.2, 0.25) is 0 Å². The molecule has 8 nitrogen and oxygen atoms in total. The molecule has 0 unspecified atom stereocenters. The van der Waals surface area contributed by atoms with Crippen LogP contribution in [0.15, 0.2) is 65.8 Å². The highest BCUT2D eigenvalue weighted by molar-refractivity contribution is 5.94. The summed E-state index contributed by atoms with van der Waals surface area (Å²) in [4.78, 5) is 19.5. The monoisotopic (exact) mass is 404 g/mol. The fraction of sp³-hybridized carbons (Fsp3) is 0.136. The molecule has 0 aliphatic rings. The van der Waals surface area contributed by atoms with Crippen LogP contribution in [0.1, 0.15) is 16.1 Å². The highest BCUT2D eigenvalue weighted by Gasteiger charge is 2.19. The molecule has 3 aromatic heterocycles. The third kappa shape index (κ3) is 3.88. The maximum atomic E-state index is 12.5. The number of nitrogens with one attached hydrogen (secondary N) is 2. The number of benzene rings is 1. The summed E-state index contributed by atoms with van der Waals surface area (Å²) in [7, 11) is 3.20. The van der Waals surface area contributed by atoms with Gasteiger partial charge in [-0.1, -0.05) is 5.16 Å². The minimum atomic E-state index is -0.220. The van der Waals surface area contributed by atoms with Gasteiger partial charge in [-0.3, -0.25) is 9.78 Å². The van der Waals surface area contributed by atoms with Gasteiger partial charge >= 0.3 is 0 Å². The molecule has 0 fully saturated rings. The lowest BCUT2D eigenvalue weighted by Gasteiger charge is -2.09. The Balaban J connectivity index is 1.58. The van der Waals surface area contributed by atoms with Gasteiger partial charge < -0.3 is 24.3 Å². The summed E-state index contributed by atoms with van der Waals surface area (Å²) in [5.74, 6) is 1.12. The minimum Gasteiger partial charge on any atom is -0.497 e. The van der Waals surface area contributed by atoms with Crippen molar-refractivity contribution in [3.05, 3.63) is 72.5 Å². The average molecular weight is 404 g/mol. The van der Waals surface area contributed by atoms with Gasteiger partial charge in [0.2, 0.25) is 0 Å². The first kappa shape index (κ1) is 19.3. The molecule has 3 heterocycles. The zero-order valence-corrected chi connectivity index (χ0v) is 16.5. The van der Waals surface area contributed by atoms with Crippen LogP contribution in [-0.2, 0) is 6.54 Å². The van der Waals surface area contributed by atoms with Gasteiger partial charge in [-0.05, 0) is 42.0 Å². The van der Waals surface area contributed by atoms with Gasteiger partial charge in [-0.25, -0.2) is 0 Å². The van der Waals surface area contributed by atoms with E-state index in [1.54, 1.807) is 45.1 Å². The van der Waals surface area contributed by atoms with Crippen LogP contribution in [-0.4, -0.2) is 35.3 Å². The summed E-state index contributed by atoms with van der Waals surface area (Å²) in [6.07, 6.45) is 6.64. The third-order valence-electron chi connectivity index (χ3n) is 4.67. The predicted octanol–water partition coefficient (Wildman–Crippen LogP) is 3.68. The predicted molar refractivity (Wildman–Crippen MR) is 110 cm³/mol. The number of carbonyl (C=O) groups is 1.